The maximum absolute atomic E-state index is 6.08. The molecule has 0 saturated heterocycles. The fourth-order valence-electron chi connectivity index (χ4n) is 2.19. The van der Waals surface area contributed by atoms with E-state index in [-0.39, 0.29) is 6.79 Å². The Morgan fingerprint density at radius 3 is 2.78 bits per heavy atom. The molecule has 3 rings (SSSR count). The van der Waals surface area contributed by atoms with E-state index in [1.165, 1.54) is 6.33 Å². The van der Waals surface area contributed by atoms with E-state index < -0.39 is 0 Å². The second-order valence-electron chi connectivity index (χ2n) is 4.95. The Kier molecular flexibility index (Phi) is 4.62. The number of hydrogen-bond acceptors (Lipinski definition) is 8. The maximum atomic E-state index is 6.08. The van der Waals surface area contributed by atoms with Crippen molar-refractivity contribution in [1.29, 1.82) is 0 Å². The van der Waals surface area contributed by atoms with Crippen LogP contribution in [0.25, 0.3) is 0 Å². The van der Waals surface area contributed by atoms with Gasteiger partial charge in [0.25, 0.3) is 0 Å². The van der Waals surface area contributed by atoms with Crippen molar-refractivity contribution in [3.63, 3.8) is 0 Å². The first kappa shape index (κ1) is 15.2. The topological polar surface area (TPSA) is 104 Å². The summed E-state index contributed by atoms with van der Waals surface area (Å²) in [5.74, 6) is 2.68. The van der Waals surface area contributed by atoms with Crippen molar-refractivity contribution in [1.82, 2.24) is 9.97 Å². The average Bonchev–Trinajstić information content (AvgIpc) is 3.03. The molecule has 4 N–H and O–H groups in total. The van der Waals surface area contributed by atoms with Crippen molar-refractivity contribution >= 4 is 17.3 Å². The van der Waals surface area contributed by atoms with Crippen LogP contribution in [0.4, 0.5) is 17.3 Å². The lowest BCUT2D eigenvalue weighted by molar-refractivity contribution is 0.174. The molecular formula is C15H19N5O3. The molecule has 8 nitrogen and oxygen atoms in total. The molecule has 0 amide bonds. The number of nitrogens with zero attached hydrogens (tertiary/aromatic N) is 2. The van der Waals surface area contributed by atoms with E-state index in [0.29, 0.717) is 37.0 Å². The second kappa shape index (κ2) is 7.01. The van der Waals surface area contributed by atoms with E-state index >= 15 is 0 Å². The summed E-state index contributed by atoms with van der Waals surface area (Å²) < 4.78 is 15.7. The number of nitrogens with two attached hydrogens (primary N) is 1. The monoisotopic (exact) mass is 317 g/mol. The van der Waals surface area contributed by atoms with Gasteiger partial charge in [0.1, 0.15) is 12.0 Å². The summed E-state index contributed by atoms with van der Waals surface area (Å²) >= 11 is 0. The minimum Gasteiger partial charge on any atom is -0.454 e. The Morgan fingerprint density at radius 2 is 1.96 bits per heavy atom. The lowest BCUT2D eigenvalue weighted by atomic mass is 10.2. The molecule has 0 spiro atoms. The van der Waals surface area contributed by atoms with Gasteiger partial charge in [-0.15, -0.1) is 0 Å². The summed E-state index contributed by atoms with van der Waals surface area (Å²) in [6, 6.07) is 5.79. The van der Waals surface area contributed by atoms with E-state index in [9.17, 15) is 0 Å². The number of nitrogens with one attached hydrogen (secondary N) is 2. The fraction of sp³-hybridized carbons (Fsp3) is 0.333. The Morgan fingerprint density at radius 1 is 1.17 bits per heavy atom. The molecule has 1 aliphatic heterocycles. The molecule has 0 fully saturated rings. The highest BCUT2D eigenvalue weighted by Gasteiger charge is 2.13. The fourth-order valence-corrected chi connectivity index (χ4v) is 2.19. The lowest BCUT2D eigenvalue weighted by Gasteiger charge is -2.12. The predicted octanol–water partition coefficient (Wildman–Crippen LogP) is 1.46. The Bertz CT molecular complexity index is 680. The van der Waals surface area contributed by atoms with E-state index in [4.69, 9.17) is 19.9 Å². The molecule has 2 heterocycles. The molecule has 1 aliphatic rings. The molecule has 2 aromatic rings. The van der Waals surface area contributed by atoms with Crippen molar-refractivity contribution < 1.29 is 14.2 Å². The lowest BCUT2D eigenvalue weighted by Crippen LogP contribution is -2.13. The molecule has 0 bridgehead atoms. The molecule has 1 aromatic carbocycles. The van der Waals surface area contributed by atoms with Crippen LogP contribution in [0.5, 0.6) is 11.5 Å². The molecule has 23 heavy (non-hydrogen) atoms. The predicted molar refractivity (Wildman–Crippen MR) is 86.7 cm³/mol. The van der Waals surface area contributed by atoms with Crippen LogP contribution < -0.4 is 25.8 Å². The van der Waals surface area contributed by atoms with Crippen molar-refractivity contribution in [3.05, 3.63) is 30.1 Å². The Hall–Kier alpha value is -2.74. The van der Waals surface area contributed by atoms with Gasteiger partial charge in [-0.2, -0.15) is 0 Å². The number of anilines is 3. The molecule has 8 heteroatoms. The summed E-state index contributed by atoms with van der Waals surface area (Å²) in [6.07, 6.45) is 1.47. The summed E-state index contributed by atoms with van der Waals surface area (Å²) in [5, 5.41) is 6.32. The first-order valence-corrected chi connectivity index (χ1v) is 7.23. The van der Waals surface area contributed by atoms with Crippen LogP contribution in [0.3, 0.4) is 0 Å². The number of methoxy groups -OCH3 is 1. The van der Waals surface area contributed by atoms with Crippen molar-refractivity contribution in [2.75, 3.05) is 43.4 Å². The Labute approximate surface area is 134 Å². The van der Waals surface area contributed by atoms with E-state index in [2.05, 4.69) is 20.6 Å². The standard InChI is InChI=1S/C15H19N5O3/c1-21-5-4-17-14-13(16)15(20-8-19-14)18-7-10-2-3-11-12(6-10)23-9-22-11/h2-3,6,8H,4-5,7,9,16H2,1H3,(H2,17,18,19,20). The number of ether oxygens (including phenoxy) is 3. The van der Waals surface area contributed by atoms with Crippen LogP contribution in [-0.4, -0.2) is 37.0 Å². The van der Waals surface area contributed by atoms with Gasteiger partial charge in [0.05, 0.1) is 6.61 Å². The van der Waals surface area contributed by atoms with Gasteiger partial charge in [-0.25, -0.2) is 9.97 Å². The van der Waals surface area contributed by atoms with Gasteiger partial charge in [0.15, 0.2) is 23.1 Å². The first-order valence-electron chi connectivity index (χ1n) is 7.23. The smallest absolute Gasteiger partial charge is 0.231 e. The third-order valence-electron chi connectivity index (χ3n) is 3.38. The van der Waals surface area contributed by atoms with Crippen LogP contribution >= 0.6 is 0 Å². The van der Waals surface area contributed by atoms with Gasteiger partial charge < -0.3 is 30.6 Å². The van der Waals surface area contributed by atoms with Crippen molar-refractivity contribution in [2.24, 2.45) is 0 Å². The summed E-state index contributed by atoms with van der Waals surface area (Å²) in [5.41, 5.74) is 7.60. The first-order chi connectivity index (χ1) is 11.3. The van der Waals surface area contributed by atoms with Gasteiger partial charge in [0.2, 0.25) is 6.79 Å². The van der Waals surface area contributed by atoms with E-state index in [1.807, 2.05) is 18.2 Å². The van der Waals surface area contributed by atoms with Crippen LogP contribution in [0.1, 0.15) is 5.56 Å². The molecule has 0 saturated carbocycles. The highest BCUT2D eigenvalue weighted by atomic mass is 16.7. The quantitative estimate of drug-likeness (QED) is 0.659. The van der Waals surface area contributed by atoms with Crippen LogP contribution in [0.15, 0.2) is 24.5 Å². The normalized spacial score (nSPS) is 12.2. The second-order valence-corrected chi connectivity index (χ2v) is 4.95. The SMILES string of the molecule is COCCNc1ncnc(NCc2ccc3c(c2)OCO3)c1N. The number of rotatable bonds is 7. The summed E-state index contributed by atoms with van der Waals surface area (Å²) in [7, 11) is 1.64. The largest absolute Gasteiger partial charge is 0.454 e. The molecule has 1 aromatic heterocycles. The average molecular weight is 317 g/mol. The molecule has 122 valence electrons. The van der Waals surface area contributed by atoms with E-state index in [1.54, 1.807) is 7.11 Å². The number of aromatic nitrogens is 2. The maximum Gasteiger partial charge on any atom is 0.231 e. The van der Waals surface area contributed by atoms with Gasteiger partial charge in [-0.05, 0) is 17.7 Å². The molecule has 0 atom stereocenters. The van der Waals surface area contributed by atoms with Crippen LogP contribution in [0, 0.1) is 0 Å². The zero-order chi connectivity index (χ0) is 16.1. The van der Waals surface area contributed by atoms with Gasteiger partial charge in [0, 0.05) is 20.2 Å². The van der Waals surface area contributed by atoms with Gasteiger partial charge in [-0.3, -0.25) is 0 Å². The number of fused-ring (bicyclic) bond motifs is 1. The number of nitrogen functional groups attached to an aromatic ring is 1. The Balaban J connectivity index is 1.64. The zero-order valence-electron chi connectivity index (χ0n) is 12.8. The van der Waals surface area contributed by atoms with Crippen LogP contribution in [0.2, 0.25) is 0 Å². The van der Waals surface area contributed by atoms with E-state index in [0.717, 1.165) is 17.1 Å². The molecule has 0 radical (unpaired) electrons. The highest BCUT2D eigenvalue weighted by Crippen LogP contribution is 2.32. The summed E-state index contributed by atoms with van der Waals surface area (Å²) in [4.78, 5) is 8.31. The number of hydrogen-bond donors (Lipinski definition) is 3. The minimum atomic E-state index is 0.265. The highest BCUT2D eigenvalue weighted by molar-refractivity contribution is 5.74. The molecule has 0 unspecified atom stereocenters. The van der Waals surface area contributed by atoms with Crippen molar-refractivity contribution in [2.45, 2.75) is 6.54 Å². The zero-order valence-corrected chi connectivity index (χ0v) is 12.8. The third kappa shape index (κ3) is 3.54. The molecular weight excluding hydrogens is 298 g/mol. The molecule has 0 aliphatic carbocycles. The minimum absolute atomic E-state index is 0.265. The van der Waals surface area contributed by atoms with Crippen LogP contribution in [-0.2, 0) is 11.3 Å². The van der Waals surface area contributed by atoms with Crippen molar-refractivity contribution in [3.8, 4) is 11.5 Å². The van der Waals surface area contributed by atoms with Gasteiger partial charge >= 0.3 is 0 Å². The third-order valence-corrected chi connectivity index (χ3v) is 3.38. The number of benzene rings is 1. The summed E-state index contributed by atoms with van der Waals surface area (Å²) in [6.45, 7) is 2.03. The van der Waals surface area contributed by atoms with Gasteiger partial charge in [-0.1, -0.05) is 6.07 Å².